The number of aromatic nitrogens is 3. The van der Waals surface area contributed by atoms with E-state index in [0.717, 1.165) is 0 Å². The maximum absolute atomic E-state index is 10.6. The van der Waals surface area contributed by atoms with Gasteiger partial charge in [0.15, 0.2) is 0 Å². The molecule has 76 valence electrons. The van der Waals surface area contributed by atoms with E-state index >= 15 is 0 Å². The van der Waals surface area contributed by atoms with Crippen LogP contribution in [0, 0.1) is 10.1 Å². The Kier molecular flexibility index (Phi) is 3.27. The summed E-state index contributed by atoms with van der Waals surface area (Å²) in [7, 11) is 0. The van der Waals surface area contributed by atoms with Crippen LogP contribution in [-0.4, -0.2) is 25.5 Å². The Hall–Kier alpha value is -1.79. The van der Waals surface area contributed by atoms with Gasteiger partial charge in [-0.3, -0.25) is 0 Å². The van der Waals surface area contributed by atoms with Crippen LogP contribution in [0.3, 0.4) is 0 Å². The molecule has 0 amide bonds. The highest BCUT2D eigenvalue weighted by atomic mass is 16.6. The third-order valence-electron chi connectivity index (χ3n) is 1.60. The molecule has 0 saturated heterocycles. The lowest BCUT2D eigenvalue weighted by molar-refractivity contribution is -0.394. The Morgan fingerprint density at radius 2 is 2.43 bits per heavy atom. The van der Waals surface area contributed by atoms with Crippen molar-refractivity contribution in [2.24, 2.45) is 0 Å². The van der Waals surface area contributed by atoms with Gasteiger partial charge < -0.3 is 14.9 Å². The molecule has 14 heavy (non-hydrogen) atoms. The summed E-state index contributed by atoms with van der Waals surface area (Å²) in [4.78, 5) is 23.6. The molecule has 0 aliphatic carbocycles. The summed E-state index contributed by atoms with van der Waals surface area (Å²) in [5, 5.41) is 13.8. The number of nitro groups is 1. The first-order valence-electron chi connectivity index (χ1n) is 4.13. The Morgan fingerprint density at radius 3 is 2.93 bits per heavy atom. The summed E-state index contributed by atoms with van der Waals surface area (Å²) in [6.07, 6.45) is 2.36. The van der Waals surface area contributed by atoms with Crippen molar-refractivity contribution in [1.29, 1.82) is 0 Å². The van der Waals surface area contributed by atoms with Gasteiger partial charge >= 0.3 is 5.95 Å². The summed E-state index contributed by atoms with van der Waals surface area (Å²) in [6.45, 7) is 1.98. The fraction of sp³-hybridized carbons (Fsp3) is 0.571. The predicted octanol–water partition coefficient (Wildman–Crippen LogP) is 0.555. The van der Waals surface area contributed by atoms with Gasteiger partial charge in [0.05, 0.1) is 6.54 Å². The Bertz CT molecular complexity index is 346. The zero-order valence-corrected chi connectivity index (χ0v) is 7.71. The van der Waals surface area contributed by atoms with Crippen molar-refractivity contribution in [3.05, 3.63) is 16.4 Å². The van der Waals surface area contributed by atoms with Crippen molar-refractivity contribution < 1.29 is 9.72 Å². The normalized spacial score (nSPS) is 10.1. The molecule has 0 spiro atoms. The zero-order valence-electron chi connectivity index (χ0n) is 7.71. The number of nitrogens with zero attached hydrogens (tertiary/aromatic N) is 4. The molecule has 1 aromatic heterocycles. The van der Waals surface area contributed by atoms with Crippen molar-refractivity contribution in [1.82, 2.24) is 14.8 Å². The molecule has 0 bridgehead atoms. The number of carbonyl (C=O) groups is 1. The number of aryl methyl sites for hydroxylation is 1. The fourth-order valence-corrected chi connectivity index (χ4v) is 0.966. The Morgan fingerprint density at radius 1 is 1.71 bits per heavy atom. The van der Waals surface area contributed by atoms with Crippen LogP contribution in [0.1, 0.15) is 19.8 Å². The monoisotopic (exact) mass is 198 g/mol. The van der Waals surface area contributed by atoms with Gasteiger partial charge in [0, 0.05) is 11.5 Å². The van der Waals surface area contributed by atoms with Crippen molar-refractivity contribution >= 4 is 11.7 Å². The molecule has 0 atom stereocenters. The highest BCUT2D eigenvalue weighted by Crippen LogP contribution is 2.01. The van der Waals surface area contributed by atoms with Crippen LogP contribution in [-0.2, 0) is 11.3 Å². The molecular formula is C7H10N4O3. The van der Waals surface area contributed by atoms with Gasteiger partial charge in [-0.2, -0.15) is 4.68 Å². The quantitative estimate of drug-likeness (QED) is 0.509. The summed E-state index contributed by atoms with van der Waals surface area (Å²) in [5.41, 5.74) is 0. The average Bonchev–Trinajstić information content (AvgIpc) is 2.52. The van der Waals surface area contributed by atoms with Crippen LogP contribution in [0.5, 0.6) is 0 Å². The summed E-state index contributed by atoms with van der Waals surface area (Å²) < 4.78 is 1.36. The van der Waals surface area contributed by atoms with Crippen molar-refractivity contribution in [3.63, 3.8) is 0 Å². The lowest BCUT2D eigenvalue weighted by atomic mass is 10.2. The van der Waals surface area contributed by atoms with E-state index in [2.05, 4.69) is 10.1 Å². The molecule has 1 aromatic rings. The molecule has 0 aliphatic rings. The molecule has 0 fully saturated rings. The first-order valence-corrected chi connectivity index (χ1v) is 4.13. The molecule has 0 aromatic carbocycles. The molecular weight excluding hydrogens is 188 g/mol. The van der Waals surface area contributed by atoms with Gasteiger partial charge in [-0.1, -0.05) is 4.98 Å². The Balaban J connectivity index is 2.44. The summed E-state index contributed by atoms with van der Waals surface area (Å²) >= 11 is 0. The Labute approximate surface area is 79.9 Å². The largest absolute Gasteiger partial charge is 0.490 e. The molecule has 0 aliphatic heterocycles. The van der Waals surface area contributed by atoms with Crippen molar-refractivity contribution in [3.8, 4) is 0 Å². The van der Waals surface area contributed by atoms with Gasteiger partial charge in [-0.15, -0.1) is 0 Å². The maximum atomic E-state index is 10.6. The highest BCUT2D eigenvalue weighted by Gasteiger charge is 2.12. The number of Topliss-reactive ketones (excluding diaryl/α,β-unsaturated/α-hetero) is 1. The predicted molar refractivity (Wildman–Crippen MR) is 46.6 cm³/mol. The number of carbonyl (C=O) groups excluding carboxylic acids is 1. The van der Waals surface area contributed by atoms with Crippen LogP contribution in [0.4, 0.5) is 5.95 Å². The lowest BCUT2D eigenvalue weighted by Gasteiger charge is -1.93. The van der Waals surface area contributed by atoms with E-state index in [9.17, 15) is 14.9 Å². The van der Waals surface area contributed by atoms with E-state index in [0.29, 0.717) is 19.4 Å². The number of rotatable bonds is 5. The molecule has 1 heterocycles. The minimum atomic E-state index is -0.651. The standard InChI is InChI=1S/C7H10N4O3/c1-6(12)3-2-4-10-5-8-7(9-10)11(13)14/h5H,2-4H2,1H3. The van der Waals surface area contributed by atoms with Crippen LogP contribution in [0.2, 0.25) is 0 Å². The highest BCUT2D eigenvalue weighted by molar-refractivity contribution is 5.75. The lowest BCUT2D eigenvalue weighted by Crippen LogP contribution is -2.01. The minimum Gasteiger partial charge on any atom is -0.390 e. The van der Waals surface area contributed by atoms with E-state index in [1.807, 2.05) is 0 Å². The maximum Gasteiger partial charge on any atom is 0.490 e. The van der Waals surface area contributed by atoms with Gasteiger partial charge in [-0.25, -0.2) is 0 Å². The van der Waals surface area contributed by atoms with Crippen LogP contribution in [0.15, 0.2) is 6.33 Å². The third-order valence-corrected chi connectivity index (χ3v) is 1.60. The molecule has 0 radical (unpaired) electrons. The molecule has 0 saturated carbocycles. The van der Waals surface area contributed by atoms with Crippen LogP contribution < -0.4 is 0 Å². The molecule has 0 unspecified atom stereocenters. The first-order chi connectivity index (χ1) is 6.59. The molecule has 1 rings (SSSR count). The second-order valence-corrected chi connectivity index (χ2v) is 2.87. The summed E-state index contributed by atoms with van der Waals surface area (Å²) in [6, 6.07) is 0. The topological polar surface area (TPSA) is 90.9 Å². The van der Waals surface area contributed by atoms with Gasteiger partial charge in [0.1, 0.15) is 5.78 Å². The first kappa shape index (κ1) is 10.3. The van der Waals surface area contributed by atoms with E-state index in [4.69, 9.17) is 0 Å². The van der Waals surface area contributed by atoms with E-state index in [-0.39, 0.29) is 5.78 Å². The number of hydrogen-bond acceptors (Lipinski definition) is 5. The van der Waals surface area contributed by atoms with Crippen molar-refractivity contribution in [2.45, 2.75) is 26.3 Å². The van der Waals surface area contributed by atoms with E-state index in [1.54, 1.807) is 0 Å². The smallest absolute Gasteiger partial charge is 0.390 e. The van der Waals surface area contributed by atoms with Crippen molar-refractivity contribution in [2.75, 3.05) is 0 Å². The van der Waals surface area contributed by atoms with Gasteiger partial charge in [0.25, 0.3) is 0 Å². The third kappa shape index (κ3) is 2.92. The fourth-order valence-electron chi connectivity index (χ4n) is 0.966. The zero-order chi connectivity index (χ0) is 10.6. The summed E-state index contributed by atoms with van der Waals surface area (Å²) in [5.74, 6) is -0.313. The van der Waals surface area contributed by atoms with Gasteiger partial charge in [-0.05, 0) is 18.3 Å². The SMILES string of the molecule is CC(=O)CCCn1cnc([N+](=O)[O-])n1. The van der Waals surface area contributed by atoms with Gasteiger partial charge in [0.2, 0.25) is 6.33 Å². The average molecular weight is 198 g/mol. The molecule has 7 nitrogen and oxygen atoms in total. The second-order valence-electron chi connectivity index (χ2n) is 2.87. The minimum absolute atomic E-state index is 0.0969. The number of hydrogen-bond donors (Lipinski definition) is 0. The molecule has 0 N–H and O–H groups in total. The number of ketones is 1. The second kappa shape index (κ2) is 4.45. The van der Waals surface area contributed by atoms with E-state index < -0.39 is 10.9 Å². The van der Waals surface area contributed by atoms with E-state index in [1.165, 1.54) is 17.9 Å². The molecule has 7 heteroatoms. The van der Waals surface area contributed by atoms with Crippen LogP contribution in [0.25, 0.3) is 0 Å². The van der Waals surface area contributed by atoms with Crippen LogP contribution >= 0.6 is 0 Å².